The zero-order chi connectivity index (χ0) is 36.8. The molecular formula is C32H34ClF3N8O7. The number of nitrogens with zero attached hydrogens (tertiary/aromatic N) is 3. The molecule has 15 nitrogen and oxygen atoms in total. The van der Waals surface area contributed by atoms with Crippen LogP contribution >= 0.6 is 11.6 Å². The minimum Gasteiger partial charge on any atom is -0.480 e. The summed E-state index contributed by atoms with van der Waals surface area (Å²) in [5, 5.41) is 32.6. The number of carbonyl (C=O) groups excluding carboxylic acids is 3. The third kappa shape index (κ3) is 10.4. The Morgan fingerprint density at radius 2 is 1.55 bits per heavy atom. The summed E-state index contributed by atoms with van der Waals surface area (Å²) >= 11 is 6.01. The van der Waals surface area contributed by atoms with Crippen LogP contribution in [0.25, 0.3) is 0 Å². The lowest BCUT2D eigenvalue weighted by molar-refractivity contribution is -0.154. The number of nitrogens with one attached hydrogen (secondary N) is 5. The van der Waals surface area contributed by atoms with Crippen molar-refractivity contribution in [1.29, 1.82) is 0 Å². The van der Waals surface area contributed by atoms with Crippen LogP contribution in [0.15, 0.2) is 48.5 Å². The van der Waals surface area contributed by atoms with Crippen molar-refractivity contribution >= 4 is 52.9 Å². The summed E-state index contributed by atoms with van der Waals surface area (Å²) in [6.45, 7) is -1.82. The highest BCUT2D eigenvalue weighted by atomic mass is 35.5. The zero-order valence-electron chi connectivity index (χ0n) is 26.8. The number of carbonyl (C=O) groups is 4. The fourth-order valence-corrected chi connectivity index (χ4v) is 5.06. The topological polar surface area (TPSA) is 217 Å². The molecule has 1 aromatic heterocycles. The molecule has 19 heteroatoms. The van der Waals surface area contributed by atoms with Crippen LogP contribution in [0.5, 0.6) is 6.01 Å². The van der Waals surface area contributed by atoms with Gasteiger partial charge in [0.1, 0.15) is 6.04 Å². The van der Waals surface area contributed by atoms with E-state index < -0.39 is 59.5 Å². The standard InChI is InChI=1S/C32H34ClF3N8O7/c33-20-5-3-19(4-6-20)31(12-13-31)44-28-41-27(42-29(43-28)51-17-32(34,35)36)39-21-7-1-18(2-8-21)23(46)40-22(26(49)50)9-14-37-24(47)25(48)38-15-30(16-45)10-11-30/h1-8,22,45H,9-17H2,(H,37,47)(H,38,48)(H,40,46)(H,49,50)(H2,39,41,42,43,44)/t22-/m0/s1. The van der Waals surface area contributed by atoms with Crippen molar-refractivity contribution in [2.24, 2.45) is 5.41 Å². The van der Waals surface area contributed by atoms with Crippen molar-refractivity contribution in [3.8, 4) is 6.01 Å². The Balaban J connectivity index is 1.18. The molecular weight excluding hydrogens is 701 g/mol. The molecule has 0 saturated heterocycles. The maximum Gasteiger partial charge on any atom is 0.422 e. The number of aromatic nitrogens is 3. The third-order valence-electron chi connectivity index (χ3n) is 8.33. The molecule has 7 N–H and O–H groups in total. The van der Waals surface area contributed by atoms with Crippen molar-refractivity contribution < 1.29 is 47.3 Å². The minimum atomic E-state index is -4.64. The molecule has 2 aliphatic rings. The van der Waals surface area contributed by atoms with E-state index in [2.05, 4.69) is 41.5 Å². The molecule has 1 heterocycles. The van der Waals surface area contributed by atoms with E-state index in [0.29, 0.717) is 23.6 Å². The summed E-state index contributed by atoms with van der Waals surface area (Å²) in [6, 6.07) is 10.7. The van der Waals surface area contributed by atoms with E-state index in [1.54, 1.807) is 12.1 Å². The number of benzene rings is 2. The van der Waals surface area contributed by atoms with Crippen molar-refractivity contribution in [3.05, 3.63) is 64.7 Å². The Labute approximate surface area is 293 Å². The van der Waals surface area contributed by atoms with Gasteiger partial charge in [0.15, 0.2) is 6.61 Å². The van der Waals surface area contributed by atoms with Crippen LogP contribution in [0.1, 0.15) is 48.0 Å². The van der Waals surface area contributed by atoms with E-state index in [0.717, 1.165) is 18.4 Å². The third-order valence-corrected chi connectivity index (χ3v) is 8.58. The van der Waals surface area contributed by atoms with E-state index in [-0.39, 0.29) is 43.6 Å². The monoisotopic (exact) mass is 734 g/mol. The highest BCUT2D eigenvalue weighted by Crippen LogP contribution is 2.48. The summed E-state index contributed by atoms with van der Waals surface area (Å²) in [5.41, 5.74) is 0.318. The maximum absolute atomic E-state index is 12.9. The lowest BCUT2D eigenvalue weighted by atomic mass is 10.1. The van der Waals surface area contributed by atoms with Crippen LogP contribution in [0, 0.1) is 5.41 Å². The second kappa shape index (κ2) is 15.3. The van der Waals surface area contributed by atoms with Crippen LogP contribution in [0.2, 0.25) is 5.02 Å². The molecule has 1 atom stereocenters. The SMILES string of the molecule is O=C(NCC[C@H](NC(=O)c1ccc(Nc2nc(NC3(c4ccc(Cl)cc4)CC3)nc(OCC(F)(F)F)n2)cc1)C(=O)O)C(=O)NCC1(CO)CC1. The minimum absolute atomic E-state index is 0.0435. The number of ether oxygens (including phenoxy) is 1. The van der Waals surface area contributed by atoms with E-state index in [1.165, 1.54) is 24.3 Å². The largest absolute Gasteiger partial charge is 0.480 e. The van der Waals surface area contributed by atoms with E-state index in [1.807, 2.05) is 12.1 Å². The Hall–Kier alpha value is -5.23. The number of alkyl halides is 3. The average molecular weight is 735 g/mol. The molecule has 2 aromatic carbocycles. The van der Waals surface area contributed by atoms with Gasteiger partial charge in [0.25, 0.3) is 5.91 Å². The van der Waals surface area contributed by atoms with Crippen molar-refractivity contribution in [2.45, 2.75) is 49.9 Å². The van der Waals surface area contributed by atoms with E-state index in [4.69, 9.17) is 16.3 Å². The zero-order valence-corrected chi connectivity index (χ0v) is 27.6. The van der Waals surface area contributed by atoms with Gasteiger partial charge in [-0.25, -0.2) is 4.79 Å². The molecule has 5 rings (SSSR count). The summed E-state index contributed by atoms with van der Waals surface area (Å²) in [6.07, 6.45) is -2.00. The van der Waals surface area contributed by atoms with Gasteiger partial charge in [0.05, 0.1) is 12.1 Å². The second-order valence-corrected chi connectivity index (χ2v) is 12.8. The lowest BCUT2D eigenvalue weighted by Gasteiger charge is -2.19. The number of rotatable bonds is 16. The number of hydrogen-bond acceptors (Lipinski definition) is 11. The molecule has 0 spiro atoms. The number of carboxylic acid groups (broad SMARTS) is 1. The summed E-state index contributed by atoms with van der Waals surface area (Å²) < 4.78 is 43.5. The van der Waals surface area contributed by atoms with Gasteiger partial charge in [-0.05, 0) is 74.1 Å². The van der Waals surface area contributed by atoms with Gasteiger partial charge in [-0.1, -0.05) is 23.7 Å². The molecule has 2 saturated carbocycles. The highest BCUT2D eigenvalue weighted by Gasteiger charge is 2.45. The van der Waals surface area contributed by atoms with Gasteiger partial charge in [0, 0.05) is 34.8 Å². The Bertz CT molecular complexity index is 1750. The fraction of sp³-hybridized carbons (Fsp3) is 0.406. The summed E-state index contributed by atoms with van der Waals surface area (Å²) in [5.74, 6) is -4.21. The van der Waals surface area contributed by atoms with Gasteiger partial charge in [-0.15, -0.1) is 0 Å². The number of hydrogen-bond donors (Lipinski definition) is 7. The summed E-state index contributed by atoms with van der Waals surface area (Å²) in [4.78, 5) is 61.0. The molecule has 51 heavy (non-hydrogen) atoms. The quantitative estimate of drug-likeness (QED) is 0.106. The fourth-order valence-electron chi connectivity index (χ4n) is 4.93. The number of aliphatic hydroxyl groups is 1. The van der Waals surface area contributed by atoms with Gasteiger partial charge < -0.3 is 41.5 Å². The normalized spacial score (nSPS) is 15.9. The van der Waals surface area contributed by atoms with Gasteiger partial charge in [-0.3, -0.25) is 14.4 Å². The Morgan fingerprint density at radius 3 is 2.14 bits per heavy atom. The molecule has 0 bridgehead atoms. The highest BCUT2D eigenvalue weighted by molar-refractivity contribution is 6.35. The molecule has 2 aliphatic carbocycles. The van der Waals surface area contributed by atoms with Gasteiger partial charge in [-0.2, -0.15) is 28.1 Å². The molecule has 3 aromatic rings. The van der Waals surface area contributed by atoms with Crippen LogP contribution in [-0.2, 0) is 19.9 Å². The van der Waals surface area contributed by atoms with E-state index >= 15 is 0 Å². The average Bonchev–Trinajstić information content (AvgIpc) is 4.03. The number of carboxylic acids is 1. The molecule has 272 valence electrons. The molecule has 2 fully saturated rings. The number of anilines is 3. The van der Waals surface area contributed by atoms with Gasteiger partial charge >= 0.3 is 30.0 Å². The van der Waals surface area contributed by atoms with Crippen molar-refractivity contribution in [3.63, 3.8) is 0 Å². The van der Waals surface area contributed by atoms with E-state index in [9.17, 15) is 42.6 Å². The molecule has 0 radical (unpaired) electrons. The maximum atomic E-state index is 12.9. The predicted molar refractivity (Wildman–Crippen MR) is 175 cm³/mol. The smallest absolute Gasteiger partial charge is 0.422 e. The first kappa shape index (κ1) is 37.0. The predicted octanol–water partition coefficient (Wildman–Crippen LogP) is 2.89. The number of halogens is 4. The van der Waals surface area contributed by atoms with Crippen LogP contribution in [0.4, 0.5) is 30.8 Å². The van der Waals surface area contributed by atoms with Crippen molar-refractivity contribution in [1.82, 2.24) is 30.9 Å². The number of aliphatic carboxylic acids is 1. The Morgan fingerprint density at radius 1 is 0.902 bits per heavy atom. The number of amides is 3. The first-order chi connectivity index (χ1) is 24.2. The van der Waals surface area contributed by atoms with Gasteiger partial charge in [0.2, 0.25) is 11.9 Å². The van der Waals surface area contributed by atoms with Crippen LogP contribution < -0.4 is 31.3 Å². The lowest BCUT2D eigenvalue weighted by Crippen LogP contribution is -2.46. The molecule has 0 aliphatic heterocycles. The summed E-state index contributed by atoms with van der Waals surface area (Å²) in [7, 11) is 0. The molecule has 0 unspecified atom stereocenters. The van der Waals surface area contributed by atoms with Crippen molar-refractivity contribution in [2.75, 3.05) is 36.9 Å². The first-order valence-corrected chi connectivity index (χ1v) is 16.1. The number of aliphatic hydroxyl groups excluding tert-OH is 1. The second-order valence-electron chi connectivity index (χ2n) is 12.3. The van der Waals surface area contributed by atoms with Crippen LogP contribution in [0.3, 0.4) is 0 Å². The van der Waals surface area contributed by atoms with Crippen LogP contribution in [-0.4, -0.2) is 87.4 Å². The Kier molecular flexibility index (Phi) is 11.1. The first-order valence-electron chi connectivity index (χ1n) is 15.8. The molecule has 3 amide bonds.